The fourth-order valence-corrected chi connectivity index (χ4v) is 5.44. The maximum Gasteiger partial charge on any atom is 0.244 e. The van der Waals surface area contributed by atoms with E-state index in [-0.39, 0.29) is 10.9 Å². The van der Waals surface area contributed by atoms with E-state index in [4.69, 9.17) is 11.6 Å². The maximum atomic E-state index is 12.8. The van der Waals surface area contributed by atoms with Crippen molar-refractivity contribution < 1.29 is 8.42 Å². The summed E-state index contributed by atoms with van der Waals surface area (Å²) in [4.78, 5) is 0.211. The molecular formula is C15H21ClN2O2S. The van der Waals surface area contributed by atoms with Crippen molar-refractivity contribution in [1.82, 2.24) is 9.62 Å². The molecule has 0 aliphatic carbocycles. The Hall–Kier alpha value is -0.620. The van der Waals surface area contributed by atoms with Crippen molar-refractivity contribution in [3.63, 3.8) is 0 Å². The summed E-state index contributed by atoms with van der Waals surface area (Å²) < 4.78 is 27.2. The molecule has 2 aliphatic rings. The molecule has 21 heavy (non-hydrogen) atoms. The second-order valence-corrected chi connectivity index (χ2v) is 8.59. The molecule has 2 bridgehead atoms. The van der Waals surface area contributed by atoms with E-state index in [0.717, 1.165) is 31.2 Å². The second kappa shape index (κ2) is 5.54. The van der Waals surface area contributed by atoms with Crippen LogP contribution < -0.4 is 5.32 Å². The summed E-state index contributed by atoms with van der Waals surface area (Å²) in [7, 11) is -1.85. The van der Waals surface area contributed by atoms with Crippen LogP contribution in [0.2, 0.25) is 5.02 Å². The van der Waals surface area contributed by atoms with E-state index >= 15 is 0 Å². The van der Waals surface area contributed by atoms with Gasteiger partial charge in [-0.1, -0.05) is 17.7 Å². The molecule has 0 aromatic heterocycles. The summed E-state index contributed by atoms with van der Waals surface area (Å²) >= 11 is 6.15. The van der Waals surface area contributed by atoms with Gasteiger partial charge in [0.15, 0.2) is 0 Å². The highest BCUT2D eigenvalue weighted by molar-refractivity contribution is 7.89. The Balaban J connectivity index is 1.87. The van der Waals surface area contributed by atoms with Gasteiger partial charge < -0.3 is 5.32 Å². The molecule has 2 unspecified atom stereocenters. The monoisotopic (exact) mass is 328 g/mol. The van der Waals surface area contributed by atoms with E-state index in [1.165, 1.54) is 4.31 Å². The van der Waals surface area contributed by atoms with Gasteiger partial charge in [-0.2, -0.15) is 4.31 Å². The summed E-state index contributed by atoms with van der Waals surface area (Å²) in [6.45, 7) is 1.90. The number of fused-ring (bicyclic) bond motifs is 2. The first-order chi connectivity index (χ1) is 9.88. The highest BCUT2D eigenvalue weighted by atomic mass is 35.5. The van der Waals surface area contributed by atoms with Crippen LogP contribution in [0.4, 0.5) is 0 Å². The van der Waals surface area contributed by atoms with Gasteiger partial charge in [-0.15, -0.1) is 0 Å². The van der Waals surface area contributed by atoms with Gasteiger partial charge in [0.25, 0.3) is 0 Å². The zero-order valence-corrected chi connectivity index (χ0v) is 13.9. The summed E-state index contributed by atoms with van der Waals surface area (Å²) in [5, 5.41) is 3.84. The minimum absolute atomic E-state index is 0.0612. The average Bonchev–Trinajstić information content (AvgIpc) is 2.76. The zero-order valence-electron chi connectivity index (χ0n) is 12.3. The first kappa shape index (κ1) is 15.3. The number of nitrogens with zero attached hydrogens (tertiary/aromatic N) is 1. The minimum Gasteiger partial charge on any atom is -0.311 e. The van der Waals surface area contributed by atoms with Gasteiger partial charge in [0.2, 0.25) is 10.0 Å². The lowest BCUT2D eigenvalue weighted by Gasteiger charge is -2.35. The number of hydrogen-bond donors (Lipinski definition) is 1. The number of halogens is 1. The van der Waals surface area contributed by atoms with Crippen molar-refractivity contribution in [2.75, 3.05) is 7.05 Å². The predicted molar refractivity (Wildman–Crippen MR) is 84.1 cm³/mol. The van der Waals surface area contributed by atoms with Crippen molar-refractivity contribution in [3.8, 4) is 0 Å². The van der Waals surface area contributed by atoms with E-state index in [1.807, 2.05) is 6.92 Å². The van der Waals surface area contributed by atoms with Gasteiger partial charge in [0, 0.05) is 25.2 Å². The maximum absolute atomic E-state index is 12.8. The van der Waals surface area contributed by atoms with Crippen molar-refractivity contribution in [2.24, 2.45) is 0 Å². The molecule has 4 nitrogen and oxygen atoms in total. The van der Waals surface area contributed by atoms with Crippen LogP contribution >= 0.6 is 11.6 Å². The summed E-state index contributed by atoms with van der Waals surface area (Å²) in [5.74, 6) is 0. The molecule has 1 aromatic rings. The van der Waals surface area contributed by atoms with Crippen molar-refractivity contribution in [1.29, 1.82) is 0 Å². The fraction of sp³-hybridized carbons (Fsp3) is 0.600. The molecule has 116 valence electrons. The van der Waals surface area contributed by atoms with Crippen LogP contribution in [0.25, 0.3) is 0 Å². The average molecular weight is 329 g/mol. The van der Waals surface area contributed by atoms with Crippen molar-refractivity contribution >= 4 is 21.6 Å². The van der Waals surface area contributed by atoms with Crippen LogP contribution in [0.5, 0.6) is 0 Å². The first-order valence-corrected chi connectivity index (χ1v) is 9.20. The lowest BCUT2D eigenvalue weighted by atomic mass is 10.0. The van der Waals surface area contributed by atoms with Crippen LogP contribution in [0.15, 0.2) is 23.1 Å². The Morgan fingerprint density at radius 1 is 1.24 bits per heavy atom. The molecule has 6 heteroatoms. The molecule has 1 aromatic carbocycles. The van der Waals surface area contributed by atoms with E-state index in [1.54, 1.807) is 25.2 Å². The zero-order chi connectivity index (χ0) is 15.2. The molecule has 2 heterocycles. The number of piperidine rings is 1. The second-order valence-electron chi connectivity index (χ2n) is 6.22. The standard InChI is InChI=1S/C15H21ClN2O2S/c1-10-3-6-15(14(16)7-10)21(19,20)18(2)13-8-11-4-5-12(9-13)17-11/h3,6-7,11-13,17H,4-5,8-9H2,1-2H3. The number of aryl methyl sites for hydroxylation is 1. The Morgan fingerprint density at radius 2 is 1.86 bits per heavy atom. The number of benzene rings is 1. The summed E-state index contributed by atoms with van der Waals surface area (Å²) in [6, 6.07) is 6.08. The smallest absolute Gasteiger partial charge is 0.244 e. The molecular weight excluding hydrogens is 308 g/mol. The molecule has 1 N–H and O–H groups in total. The Kier molecular flexibility index (Phi) is 4.03. The Labute approximate surface area is 131 Å². The summed E-state index contributed by atoms with van der Waals surface area (Å²) in [6.07, 6.45) is 4.08. The Morgan fingerprint density at radius 3 is 2.43 bits per heavy atom. The molecule has 0 radical (unpaired) electrons. The largest absolute Gasteiger partial charge is 0.311 e. The van der Waals surface area contributed by atoms with Crippen LogP contribution in [0.3, 0.4) is 0 Å². The number of sulfonamides is 1. The van der Waals surface area contributed by atoms with Gasteiger partial charge >= 0.3 is 0 Å². The van der Waals surface area contributed by atoms with Crippen LogP contribution in [-0.4, -0.2) is 37.9 Å². The lowest BCUT2D eigenvalue weighted by Crippen LogP contribution is -2.48. The minimum atomic E-state index is -3.53. The number of hydrogen-bond acceptors (Lipinski definition) is 3. The SMILES string of the molecule is Cc1ccc(S(=O)(=O)N(C)C2CC3CCC(C2)N3)c(Cl)c1. The highest BCUT2D eigenvalue weighted by Gasteiger charge is 2.39. The highest BCUT2D eigenvalue weighted by Crippen LogP contribution is 2.33. The molecule has 2 saturated heterocycles. The molecule has 0 amide bonds. The third-order valence-electron chi connectivity index (χ3n) is 4.71. The number of rotatable bonds is 3. The molecule has 0 saturated carbocycles. The third-order valence-corrected chi connectivity index (χ3v) is 7.10. The topological polar surface area (TPSA) is 49.4 Å². The molecule has 2 fully saturated rings. The van der Waals surface area contributed by atoms with Crippen LogP contribution in [-0.2, 0) is 10.0 Å². The lowest BCUT2D eigenvalue weighted by molar-refractivity contribution is 0.251. The number of nitrogens with one attached hydrogen (secondary N) is 1. The normalized spacial score (nSPS) is 29.0. The fourth-order valence-electron chi connectivity index (χ4n) is 3.49. The summed E-state index contributed by atoms with van der Waals surface area (Å²) in [5.41, 5.74) is 0.960. The quantitative estimate of drug-likeness (QED) is 0.927. The van der Waals surface area contributed by atoms with E-state index < -0.39 is 10.0 Å². The Bertz CT molecular complexity index is 635. The van der Waals surface area contributed by atoms with Gasteiger partial charge in [-0.25, -0.2) is 8.42 Å². The molecule has 0 spiro atoms. The first-order valence-electron chi connectivity index (χ1n) is 7.38. The van der Waals surface area contributed by atoms with Crippen molar-refractivity contribution in [3.05, 3.63) is 28.8 Å². The molecule has 2 atom stereocenters. The van der Waals surface area contributed by atoms with Crippen LogP contribution in [0, 0.1) is 6.92 Å². The molecule has 3 rings (SSSR count). The van der Waals surface area contributed by atoms with Crippen molar-refractivity contribution in [2.45, 2.75) is 55.6 Å². The molecule has 2 aliphatic heterocycles. The van der Waals surface area contributed by atoms with Gasteiger partial charge in [0.1, 0.15) is 4.90 Å². The van der Waals surface area contributed by atoms with Crippen LogP contribution in [0.1, 0.15) is 31.2 Å². The van der Waals surface area contributed by atoms with E-state index in [9.17, 15) is 8.42 Å². The third kappa shape index (κ3) is 2.84. The predicted octanol–water partition coefficient (Wildman–Crippen LogP) is 2.55. The van der Waals surface area contributed by atoms with Gasteiger partial charge in [-0.05, 0) is 50.3 Å². The van der Waals surface area contributed by atoms with Gasteiger partial charge in [-0.3, -0.25) is 0 Å². The van der Waals surface area contributed by atoms with Gasteiger partial charge in [0.05, 0.1) is 5.02 Å². The van der Waals surface area contributed by atoms with E-state index in [0.29, 0.717) is 17.1 Å². The van der Waals surface area contributed by atoms with E-state index in [2.05, 4.69) is 5.32 Å².